The average molecular weight is 539 g/mol. The molecule has 0 aliphatic heterocycles. The third-order valence-electron chi connectivity index (χ3n) is 5.99. The molecule has 3 N–H and O–H groups in total. The SMILES string of the molecule is CCc1cc(C)nc(CCC(=O)NC(C(=O)NCC(=O)Nc2ccc(COC(=O)C(C)(C)C)cc2)C(C)C)c1. The highest BCUT2D eigenvalue weighted by Crippen LogP contribution is 2.17. The fraction of sp³-hybridized carbons (Fsp3) is 0.500. The van der Waals surface area contributed by atoms with Crippen molar-refractivity contribution in [3.05, 3.63) is 58.9 Å². The van der Waals surface area contributed by atoms with E-state index in [1.54, 1.807) is 45.0 Å². The predicted octanol–water partition coefficient (Wildman–Crippen LogP) is 3.87. The van der Waals surface area contributed by atoms with Crippen LogP contribution in [0.1, 0.15) is 70.5 Å². The lowest BCUT2D eigenvalue weighted by molar-refractivity contribution is -0.154. The van der Waals surface area contributed by atoms with Gasteiger partial charge in [0.25, 0.3) is 0 Å². The smallest absolute Gasteiger partial charge is 0.311 e. The van der Waals surface area contributed by atoms with Gasteiger partial charge in [-0.05, 0) is 81.8 Å². The molecule has 1 atom stereocenters. The third-order valence-corrected chi connectivity index (χ3v) is 5.99. The van der Waals surface area contributed by atoms with E-state index in [1.165, 1.54) is 5.56 Å². The number of anilines is 1. The van der Waals surface area contributed by atoms with Gasteiger partial charge in [-0.1, -0.05) is 32.9 Å². The molecular weight excluding hydrogens is 496 g/mol. The van der Waals surface area contributed by atoms with Gasteiger partial charge in [0.05, 0.1) is 12.0 Å². The Hall–Kier alpha value is -3.75. The molecule has 0 saturated heterocycles. The highest BCUT2D eigenvalue weighted by atomic mass is 16.5. The van der Waals surface area contributed by atoms with Crippen molar-refractivity contribution in [2.24, 2.45) is 11.3 Å². The van der Waals surface area contributed by atoms with Gasteiger partial charge >= 0.3 is 5.97 Å². The predicted molar refractivity (Wildman–Crippen MR) is 151 cm³/mol. The number of carbonyl (C=O) groups is 4. The van der Waals surface area contributed by atoms with Crippen LogP contribution in [0.5, 0.6) is 0 Å². The van der Waals surface area contributed by atoms with Crippen molar-refractivity contribution >= 4 is 29.4 Å². The molecule has 0 saturated carbocycles. The van der Waals surface area contributed by atoms with Crippen molar-refractivity contribution < 1.29 is 23.9 Å². The lowest BCUT2D eigenvalue weighted by Gasteiger charge is -2.21. The van der Waals surface area contributed by atoms with E-state index in [9.17, 15) is 19.2 Å². The summed E-state index contributed by atoms with van der Waals surface area (Å²) in [5, 5.41) is 8.12. The topological polar surface area (TPSA) is 126 Å². The zero-order chi connectivity index (χ0) is 29.2. The minimum Gasteiger partial charge on any atom is -0.460 e. The Bertz CT molecular complexity index is 1150. The van der Waals surface area contributed by atoms with Crippen LogP contribution in [0.4, 0.5) is 5.69 Å². The number of ether oxygens (including phenoxy) is 1. The number of pyridine rings is 1. The molecular formula is C30H42N4O5. The molecule has 3 amide bonds. The summed E-state index contributed by atoms with van der Waals surface area (Å²) in [5.74, 6) is -1.53. The summed E-state index contributed by atoms with van der Waals surface area (Å²) in [7, 11) is 0. The summed E-state index contributed by atoms with van der Waals surface area (Å²) in [5.41, 5.74) is 3.70. The van der Waals surface area contributed by atoms with E-state index < -0.39 is 23.3 Å². The number of aromatic nitrogens is 1. The van der Waals surface area contributed by atoms with Crippen LogP contribution in [0, 0.1) is 18.3 Å². The Labute approximate surface area is 231 Å². The minimum absolute atomic E-state index is 0.143. The van der Waals surface area contributed by atoms with E-state index in [0.29, 0.717) is 12.1 Å². The number of nitrogens with zero attached hydrogens (tertiary/aromatic N) is 1. The Morgan fingerprint density at radius 3 is 2.23 bits per heavy atom. The summed E-state index contributed by atoms with van der Waals surface area (Å²) in [6.07, 6.45) is 1.58. The van der Waals surface area contributed by atoms with Gasteiger partial charge in [0.15, 0.2) is 0 Å². The first-order valence-corrected chi connectivity index (χ1v) is 13.4. The lowest BCUT2D eigenvalue weighted by atomic mass is 9.97. The van der Waals surface area contributed by atoms with E-state index in [2.05, 4.69) is 27.9 Å². The number of rotatable bonds is 12. The van der Waals surface area contributed by atoms with E-state index in [-0.39, 0.29) is 37.4 Å². The Morgan fingerprint density at radius 2 is 1.64 bits per heavy atom. The molecule has 1 aromatic heterocycles. The van der Waals surface area contributed by atoms with Gasteiger partial charge in [0, 0.05) is 23.5 Å². The molecule has 1 heterocycles. The Morgan fingerprint density at radius 1 is 0.974 bits per heavy atom. The van der Waals surface area contributed by atoms with E-state index in [0.717, 1.165) is 23.4 Å². The monoisotopic (exact) mass is 538 g/mol. The summed E-state index contributed by atoms with van der Waals surface area (Å²) in [6, 6.07) is 10.2. The molecule has 39 heavy (non-hydrogen) atoms. The minimum atomic E-state index is -0.767. The van der Waals surface area contributed by atoms with Crippen LogP contribution in [0.2, 0.25) is 0 Å². The number of nitrogens with one attached hydrogen (secondary N) is 3. The number of carbonyl (C=O) groups excluding carboxylic acids is 4. The molecule has 0 aliphatic rings. The maximum atomic E-state index is 12.8. The molecule has 0 fully saturated rings. The molecule has 0 radical (unpaired) electrons. The first-order valence-electron chi connectivity index (χ1n) is 13.4. The average Bonchev–Trinajstić information content (AvgIpc) is 2.87. The Kier molecular flexibility index (Phi) is 11.6. The number of aryl methyl sites for hydroxylation is 3. The van der Waals surface area contributed by atoms with Gasteiger partial charge in [-0.3, -0.25) is 24.2 Å². The summed E-state index contributed by atoms with van der Waals surface area (Å²) < 4.78 is 5.29. The summed E-state index contributed by atoms with van der Waals surface area (Å²) >= 11 is 0. The van der Waals surface area contributed by atoms with Crippen LogP contribution in [-0.2, 0) is 43.4 Å². The standard InChI is InChI=1S/C30H42N4O5/c1-8-21-15-20(4)32-24(16-21)13-14-25(35)34-27(19(2)3)28(37)31-17-26(36)33-23-11-9-22(10-12-23)18-39-29(38)30(5,6)7/h9-12,15-16,19,27H,8,13-14,17-18H2,1-7H3,(H,31,37)(H,33,36)(H,34,35). The normalized spacial score (nSPS) is 12.0. The molecule has 0 spiro atoms. The maximum absolute atomic E-state index is 12.8. The molecule has 212 valence electrons. The van der Waals surface area contributed by atoms with Crippen LogP contribution in [-0.4, -0.2) is 41.3 Å². The third kappa shape index (κ3) is 10.9. The van der Waals surface area contributed by atoms with Crippen LogP contribution in [0.15, 0.2) is 36.4 Å². The van der Waals surface area contributed by atoms with E-state index in [1.807, 2.05) is 32.9 Å². The Balaban J connectivity index is 1.82. The van der Waals surface area contributed by atoms with Crippen molar-refractivity contribution in [3.8, 4) is 0 Å². The van der Waals surface area contributed by atoms with Gasteiger partial charge in [0.1, 0.15) is 12.6 Å². The van der Waals surface area contributed by atoms with Gasteiger partial charge in [0.2, 0.25) is 17.7 Å². The van der Waals surface area contributed by atoms with Crippen molar-refractivity contribution in [1.29, 1.82) is 0 Å². The summed E-state index contributed by atoms with van der Waals surface area (Å²) in [4.78, 5) is 54.1. The van der Waals surface area contributed by atoms with E-state index >= 15 is 0 Å². The second kappa shape index (κ2) is 14.4. The number of hydrogen-bond acceptors (Lipinski definition) is 6. The number of hydrogen-bond donors (Lipinski definition) is 3. The van der Waals surface area contributed by atoms with Crippen molar-refractivity contribution in [2.75, 3.05) is 11.9 Å². The first kappa shape index (κ1) is 31.5. The molecule has 1 aromatic carbocycles. The quantitative estimate of drug-likeness (QED) is 0.352. The molecule has 9 nitrogen and oxygen atoms in total. The van der Waals surface area contributed by atoms with Gasteiger partial charge in [-0.15, -0.1) is 0 Å². The number of amides is 3. The summed E-state index contributed by atoms with van der Waals surface area (Å²) in [6.45, 7) is 12.9. The molecule has 0 bridgehead atoms. The fourth-order valence-electron chi connectivity index (χ4n) is 3.70. The molecule has 1 unspecified atom stereocenters. The number of esters is 1. The highest BCUT2D eigenvalue weighted by Gasteiger charge is 2.25. The molecule has 0 aliphatic carbocycles. The fourth-order valence-corrected chi connectivity index (χ4v) is 3.70. The second-order valence-electron chi connectivity index (χ2n) is 11.0. The van der Waals surface area contributed by atoms with Gasteiger partial charge in [-0.2, -0.15) is 0 Å². The largest absolute Gasteiger partial charge is 0.460 e. The van der Waals surface area contributed by atoms with Crippen LogP contribution in [0.25, 0.3) is 0 Å². The van der Waals surface area contributed by atoms with Crippen LogP contribution in [0.3, 0.4) is 0 Å². The van der Waals surface area contributed by atoms with Gasteiger partial charge in [-0.25, -0.2) is 0 Å². The molecule has 9 heteroatoms. The van der Waals surface area contributed by atoms with Crippen LogP contribution < -0.4 is 16.0 Å². The van der Waals surface area contributed by atoms with Crippen molar-refractivity contribution in [2.45, 2.75) is 80.4 Å². The molecule has 2 aromatic rings. The molecule has 2 rings (SSSR count). The second-order valence-corrected chi connectivity index (χ2v) is 11.0. The van der Waals surface area contributed by atoms with Crippen LogP contribution >= 0.6 is 0 Å². The van der Waals surface area contributed by atoms with Crippen molar-refractivity contribution in [3.63, 3.8) is 0 Å². The zero-order valence-electron chi connectivity index (χ0n) is 24.1. The zero-order valence-corrected chi connectivity index (χ0v) is 24.1. The first-order chi connectivity index (χ1) is 18.3. The lowest BCUT2D eigenvalue weighted by Crippen LogP contribution is -2.51. The van der Waals surface area contributed by atoms with Gasteiger partial charge < -0.3 is 20.7 Å². The highest BCUT2D eigenvalue weighted by molar-refractivity contribution is 5.96. The van der Waals surface area contributed by atoms with E-state index in [4.69, 9.17) is 4.74 Å². The maximum Gasteiger partial charge on any atom is 0.311 e. The number of benzene rings is 1. The van der Waals surface area contributed by atoms with Crippen molar-refractivity contribution in [1.82, 2.24) is 15.6 Å².